The van der Waals surface area contributed by atoms with Crippen molar-refractivity contribution in [3.05, 3.63) is 52.2 Å². The molecule has 0 amide bonds. The van der Waals surface area contributed by atoms with Gasteiger partial charge in [0.25, 0.3) is 0 Å². The Labute approximate surface area is 162 Å². The van der Waals surface area contributed by atoms with E-state index in [4.69, 9.17) is 14.2 Å². The van der Waals surface area contributed by atoms with Crippen LogP contribution in [0.3, 0.4) is 0 Å². The Morgan fingerprint density at radius 3 is 2.59 bits per heavy atom. The Hall–Kier alpha value is -2.60. The van der Waals surface area contributed by atoms with E-state index in [9.17, 15) is 9.59 Å². The zero-order chi connectivity index (χ0) is 19.4. The van der Waals surface area contributed by atoms with Gasteiger partial charge in [-0.05, 0) is 65.1 Å². The van der Waals surface area contributed by atoms with E-state index < -0.39 is 11.9 Å². The van der Waals surface area contributed by atoms with Gasteiger partial charge in [-0.15, -0.1) is 0 Å². The molecule has 0 saturated carbocycles. The summed E-state index contributed by atoms with van der Waals surface area (Å²) in [5.41, 5.74) is 2.79. The largest absolute Gasteiger partial charge is 0.493 e. The van der Waals surface area contributed by atoms with Gasteiger partial charge in [0.1, 0.15) is 5.92 Å². The molecule has 1 aromatic carbocycles. The maximum atomic E-state index is 12.8. The molecule has 1 aliphatic rings. The lowest BCUT2D eigenvalue weighted by Gasteiger charge is -2.29. The van der Waals surface area contributed by atoms with Gasteiger partial charge in [-0.3, -0.25) is 9.59 Å². The van der Waals surface area contributed by atoms with Gasteiger partial charge in [0.2, 0.25) is 0 Å². The van der Waals surface area contributed by atoms with E-state index in [1.54, 1.807) is 44.6 Å². The summed E-state index contributed by atoms with van der Waals surface area (Å²) in [7, 11) is 3.13. The molecule has 0 bridgehead atoms. The van der Waals surface area contributed by atoms with Gasteiger partial charge in [-0.2, -0.15) is 11.3 Å². The molecule has 6 heteroatoms. The lowest BCUT2D eigenvalue weighted by Crippen LogP contribution is -2.34. The quantitative estimate of drug-likeness (QED) is 0.553. The highest BCUT2D eigenvalue weighted by molar-refractivity contribution is 7.08. The summed E-state index contributed by atoms with van der Waals surface area (Å²) in [5, 5.41) is 3.99. The Kier molecular flexibility index (Phi) is 5.96. The molecule has 2 atom stereocenters. The van der Waals surface area contributed by atoms with Crippen LogP contribution in [0.5, 0.6) is 11.5 Å². The van der Waals surface area contributed by atoms with Gasteiger partial charge in [0.05, 0.1) is 20.8 Å². The minimum Gasteiger partial charge on any atom is -0.493 e. The Morgan fingerprint density at radius 1 is 1.19 bits per heavy atom. The molecular formula is C21H22O5S. The highest BCUT2D eigenvalue weighted by Gasteiger charge is 2.40. The molecule has 0 spiro atoms. The molecule has 1 heterocycles. The van der Waals surface area contributed by atoms with Crippen LogP contribution in [-0.2, 0) is 14.3 Å². The highest BCUT2D eigenvalue weighted by Crippen LogP contribution is 2.42. The summed E-state index contributed by atoms with van der Waals surface area (Å²) >= 11 is 1.58. The van der Waals surface area contributed by atoms with Gasteiger partial charge < -0.3 is 14.2 Å². The van der Waals surface area contributed by atoms with Crippen molar-refractivity contribution in [3.63, 3.8) is 0 Å². The number of thiophene rings is 1. The number of esters is 1. The summed E-state index contributed by atoms with van der Waals surface area (Å²) < 4.78 is 15.9. The molecular weight excluding hydrogens is 364 g/mol. The average molecular weight is 386 g/mol. The number of benzene rings is 1. The predicted octanol–water partition coefficient (Wildman–Crippen LogP) is 4.08. The number of methoxy groups -OCH3 is 2. The minimum atomic E-state index is -0.856. The summed E-state index contributed by atoms with van der Waals surface area (Å²) in [4.78, 5) is 25.4. The molecule has 0 N–H and O–H groups in total. The van der Waals surface area contributed by atoms with Gasteiger partial charge in [-0.1, -0.05) is 6.07 Å². The Morgan fingerprint density at radius 2 is 1.96 bits per heavy atom. The zero-order valence-corrected chi connectivity index (χ0v) is 16.4. The second-order valence-corrected chi connectivity index (χ2v) is 7.02. The van der Waals surface area contributed by atoms with E-state index in [0.29, 0.717) is 17.9 Å². The van der Waals surface area contributed by atoms with Crippen molar-refractivity contribution in [1.29, 1.82) is 0 Å². The van der Waals surface area contributed by atoms with Gasteiger partial charge in [0, 0.05) is 5.92 Å². The molecule has 27 heavy (non-hydrogen) atoms. The van der Waals surface area contributed by atoms with E-state index in [1.165, 1.54) is 0 Å². The standard InChI is InChI=1S/C21H22O5S/c1-4-26-21(23)20-16(13-5-6-18(24-2)19(11-13)25-3)9-15(10-17(20)22)14-7-8-27-12-14/h5-8,10-12,16,20H,4,9H2,1-3H3. The summed E-state index contributed by atoms with van der Waals surface area (Å²) in [5.74, 6) is -0.716. The first-order valence-corrected chi connectivity index (χ1v) is 9.68. The van der Waals surface area contributed by atoms with Crippen molar-refractivity contribution in [2.75, 3.05) is 20.8 Å². The number of hydrogen-bond acceptors (Lipinski definition) is 6. The van der Waals surface area contributed by atoms with Gasteiger partial charge in [-0.25, -0.2) is 0 Å². The maximum absolute atomic E-state index is 12.8. The van der Waals surface area contributed by atoms with Crippen molar-refractivity contribution in [2.24, 2.45) is 5.92 Å². The maximum Gasteiger partial charge on any atom is 0.317 e. The smallest absolute Gasteiger partial charge is 0.317 e. The van der Waals surface area contributed by atoms with Crippen LogP contribution in [0.4, 0.5) is 0 Å². The number of rotatable bonds is 6. The van der Waals surface area contributed by atoms with Crippen LogP contribution >= 0.6 is 11.3 Å². The van der Waals surface area contributed by atoms with E-state index >= 15 is 0 Å². The molecule has 1 aromatic heterocycles. The second kappa shape index (κ2) is 8.39. The molecule has 1 aliphatic carbocycles. The first-order valence-electron chi connectivity index (χ1n) is 8.74. The van der Waals surface area contributed by atoms with Crippen molar-refractivity contribution in [3.8, 4) is 11.5 Å². The second-order valence-electron chi connectivity index (χ2n) is 6.24. The SMILES string of the molecule is CCOC(=O)C1C(=O)C=C(c2ccsc2)CC1c1ccc(OC)c(OC)c1. The Balaban J connectivity index is 2.04. The van der Waals surface area contributed by atoms with Crippen LogP contribution in [-0.4, -0.2) is 32.6 Å². The average Bonchev–Trinajstić information content (AvgIpc) is 3.21. The fraction of sp³-hybridized carbons (Fsp3) is 0.333. The third-order valence-corrected chi connectivity index (χ3v) is 5.42. The number of ether oxygens (including phenoxy) is 3. The molecule has 5 nitrogen and oxygen atoms in total. The first kappa shape index (κ1) is 19.2. The topological polar surface area (TPSA) is 61.8 Å². The molecule has 0 radical (unpaired) electrons. The molecule has 2 aromatic rings. The van der Waals surface area contributed by atoms with E-state index in [2.05, 4.69) is 0 Å². The number of hydrogen-bond donors (Lipinski definition) is 0. The third kappa shape index (κ3) is 3.90. The van der Waals surface area contributed by atoms with Crippen molar-refractivity contribution in [2.45, 2.75) is 19.3 Å². The van der Waals surface area contributed by atoms with Crippen LogP contribution in [0.15, 0.2) is 41.1 Å². The van der Waals surface area contributed by atoms with Crippen molar-refractivity contribution >= 4 is 28.7 Å². The van der Waals surface area contributed by atoms with Crippen LogP contribution < -0.4 is 9.47 Å². The van der Waals surface area contributed by atoms with Crippen molar-refractivity contribution in [1.82, 2.24) is 0 Å². The van der Waals surface area contributed by atoms with E-state index in [0.717, 1.165) is 16.7 Å². The van der Waals surface area contributed by atoms with Crippen LogP contribution in [0.2, 0.25) is 0 Å². The normalized spacial score (nSPS) is 19.4. The summed E-state index contributed by atoms with van der Waals surface area (Å²) in [6.45, 7) is 1.98. The molecule has 0 fully saturated rings. The third-order valence-electron chi connectivity index (χ3n) is 4.73. The van der Waals surface area contributed by atoms with Crippen molar-refractivity contribution < 1.29 is 23.8 Å². The number of allylic oxidation sites excluding steroid dienone is 2. The Bertz CT molecular complexity index is 853. The molecule has 0 aliphatic heterocycles. The number of carbonyl (C=O) groups is 2. The summed E-state index contributed by atoms with van der Waals surface area (Å²) in [6.07, 6.45) is 2.16. The molecule has 0 saturated heterocycles. The van der Waals surface area contributed by atoms with E-state index in [-0.39, 0.29) is 18.3 Å². The lowest BCUT2D eigenvalue weighted by molar-refractivity contribution is -0.151. The fourth-order valence-electron chi connectivity index (χ4n) is 3.43. The molecule has 2 unspecified atom stereocenters. The zero-order valence-electron chi connectivity index (χ0n) is 15.6. The molecule has 3 rings (SSSR count). The van der Waals surface area contributed by atoms with Crippen LogP contribution in [0.25, 0.3) is 5.57 Å². The predicted molar refractivity (Wildman–Crippen MR) is 104 cm³/mol. The first-order chi connectivity index (χ1) is 13.1. The minimum absolute atomic E-state index is 0.222. The van der Waals surface area contributed by atoms with Gasteiger partial charge >= 0.3 is 5.97 Å². The monoisotopic (exact) mass is 386 g/mol. The van der Waals surface area contributed by atoms with E-state index in [1.807, 2.05) is 29.0 Å². The molecule has 142 valence electrons. The number of ketones is 1. The lowest BCUT2D eigenvalue weighted by atomic mass is 9.74. The van der Waals surface area contributed by atoms with Crippen LogP contribution in [0, 0.1) is 5.92 Å². The van der Waals surface area contributed by atoms with Crippen LogP contribution in [0.1, 0.15) is 30.4 Å². The number of carbonyl (C=O) groups excluding carboxylic acids is 2. The van der Waals surface area contributed by atoms with Gasteiger partial charge in [0.15, 0.2) is 17.3 Å². The fourth-order valence-corrected chi connectivity index (χ4v) is 4.11. The summed E-state index contributed by atoms with van der Waals surface area (Å²) in [6, 6.07) is 7.49. The highest BCUT2D eigenvalue weighted by atomic mass is 32.1.